The summed E-state index contributed by atoms with van der Waals surface area (Å²) in [5.41, 5.74) is 7.75. The minimum absolute atomic E-state index is 0.297. The van der Waals surface area contributed by atoms with Gasteiger partial charge in [-0.3, -0.25) is 0 Å². The van der Waals surface area contributed by atoms with Crippen LogP contribution in [0.15, 0.2) is 21.1 Å². The molecular formula is C14H16BrN3O2. The molecular weight excluding hydrogens is 322 g/mol. The second-order valence-corrected chi connectivity index (χ2v) is 5.94. The first-order chi connectivity index (χ1) is 9.67. The van der Waals surface area contributed by atoms with Crippen molar-refractivity contribution in [3.63, 3.8) is 0 Å². The van der Waals surface area contributed by atoms with E-state index in [4.69, 9.17) is 15.0 Å². The monoisotopic (exact) mass is 337 g/mol. The molecule has 1 aromatic carbocycles. The molecule has 1 fully saturated rings. The maximum atomic E-state index is 5.83. The van der Waals surface area contributed by atoms with Crippen LogP contribution in [0, 0.1) is 6.92 Å². The van der Waals surface area contributed by atoms with Gasteiger partial charge in [0.15, 0.2) is 6.61 Å². The molecule has 1 aliphatic carbocycles. The van der Waals surface area contributed by atoms with Crippen LogP contribution < -0.4 is 10.5 Å². The predicted molar refractivity (Wildman–Crippen MR) is 77.4 cm³/mol. The fraction of sp³-hybridized carbons (Fsp3) is 0.429. The van der Waals surface area contributed by atoms with E-state index in [1.54, 1.807) is 0 Å². The number of rotatable bonds is 5. The molecule has 0 atom stereocenters. The average molecular weight is 338 g/mol. The molecule has 0 radical (unpaired) electrons. The fourth-order valence-electron chi connectivity index (χ4n) is 2.12. The SMILES string of the molecule is Cc1cc(Br)cc(CN)c1OCc1noc(C2CC2)n1. The molecule has 3 rings (SSSR count). The summed E-state index contributed by atoms with van der Waals surface area (Å²) in [4.78, 5) is 4.35. The highest BCUT2D eigenvalue weighted by atomic mass is 79.9. The largest absolute Gasteiger partial charge is 0.485 e. The van der Waals surface area contributed by atoms with E-state index < -0.39 is 0 Å². The van der Waals surface area contributed by atoms with Gasteiger partial charge in [0.05, 0.1) is 0 Å². The van der Waals surface area contributed by atoms with E-state index in [1.807, 2.05) is 19.1 Å². The van der Waals surface area contributed by atoms with Gasteiger partial charge in [-0.25, -0.2) is 0 Å². The molecule has 1 heterocycles. The van der Waals surface area contributed by atoms with Gasteiger partial charge >= 0.3 is 0 Å². The Hall–Kier alpha value is -1.40. The van der Waals surface area contributed by atoms with E-state index in [2.05, 4.69) is 26.1 Å². The van der Waals surface area contributed by atoms with E-state index in [-0.39, 0.29) is 0 Å². The Balaban J connectivity index is 1.73. The van der Waals surface area contributed by atoms with E-state index >= 15 is 0 Å². The molecule has 0 saturated heterocycles. The summed E-state index contributed by atoms with van der Waals surface area (Å²) >= 11 is 3.46. The number of nitrogens with zero attached hydrogens (tertiary/aromatic N) is 2. The van der Waals surface area contributed by atoms with Crippen molar-refractivity contribution >= 4 is 15.9 Å². The van der Waals surface area contributed by atoms with E-state index in [0.29, 0.717) is 24.9 Å². The van der Waals surface area contributed by atoms with Crippen LogP contribution in [0.5, 0.6) is 5.75 Å². The summed E-state index contributed by atoms with van der Waals surface area (Å²) in [6.07, 6.45) is 2.29. The van der Waals surface area contributed by atoms with E-state index in [9.17, 15) is 0 Å². The van der Waals surface area contributed by atoms with Gasteiger partial charge in [-0.2, -0.15) is 4.98 Å². The molecule has 2 aromatic rings. The second kappa shape index (κ2) is 5.54. The van der Waals surface area contributed by atoms with Crippen molar-refractivity contribution in [1.82, 2.24) is 10.1 Å². The number of halogens is 1. The van der Waals surface area contributed by atoms with Gasteiger partial charge in [-0.15, -0.1) is 0 Å². The molecule has 20 heavy (non-hydrogen) atoms. The summed E-state index contributed by atoms with van der Waals surface area (Å²) in [5, 5.41) is 3.94. The van der Waals surface area contributed by atoms with Gasteiger partial charge in [-0.05, 0) is 37.5 Å². The molecule has 1 aliphatic rings. The topological polar surface area (TPSA) is 74.2 Å². The molecule has 2 N–H and O–H groups in total. The van der Waals surface area contributed by atoms with Crippen molar-refractivity contribution in [2.45, 2.75) is 38.8 Å². The van der Waals surface area contributed by atoms with Crippen molar-refractivity contribution in [3.8, 4) is 5.75 Å². The van der Waals surface area contributed by atoms with Gasteiger partial charge in [-0.1, -0.05) is 21.1 Å². The van der Waals surface area contributed by atoms with E-state index in [0.717, 1.165) is 40.1 Å². The third kappa shape index (κ3) is 2.86. The Bertz CT molecular complexity index is 623. The van der Waals surface area contributed by atoms with Crippen molar-refractivity contribution in [2.24, 2.45) is 5.73 Å². The zero-order chi connectivity index (χ0) is 14.1. The average Bonchev–Trinajstić information content (AvgIpc) is 3.16. The normalized spacial score (nSPS) is 14.6. The lowest BCUT2D eigenvalue weighted by Gasteiger charge is -2.12. The summed E-state index contributed by atoms with van der Waals surface area (Å²) in [5.74, 6) is 2.58. The molecule has 1 aromatic heterocycles. The highest BCUT2D eigenvalue weighted by Crippen LogP contribution is 2.38. The predicted octanol–water partition coefficient (Wildman–Crippen LogP) is 3.06. The number of benzene rings is 1. The minimum atomic E-state index is 0.297. The van der Waals surface area contributed by atoms with Crippen molar-refractivity contribution in [2.75, 3.05) is 0 Å². The van der Waals surface area contributed by atoms with Gasteiger partial charge in [0.1, 0.15) is 5.75 Å². The third-order valence-corrected chi connectivity index (χ3v) is 3.75. The first kappa shape index (κ1) is 13.6. The first-order valence-corrected chi connectivity index (χ1v) is 7.41. The fourth-order valence-corrected chi connectivity index (χ4v) is 2.74. The molecule has 0 unspecified atom stereocenters. The van der Waals surface area contributed by atoms with Crippen LogP contribution in [0.4, 0.5) is 0 Å². The zero-order valence-electron chi connectivity index (χ0n) is 11.2. The summed E-state index contributed by atoms with van der Waals surface area (Å²) in [6.45, 7) is 2.71. The van der Waals surface area contributed by atoms with Crippen LogP contribution in [0.25, 0.3) is 0 Å². The molecule has 6 heteroatoms. The number of hydrogen-bond acceptors (Lipinski definition) is 5. The van der Waals surface area contributed by atoms with Crippen LogP contribution in [0.3, 0.4) is 0 Å². The van der Waals surface area contributed by atoms with Crippen LogP contribution in [-0.2, 0) is 13.2 Å². The highest BCUT2D eigenvalue weighted by Gasteiger charge is 2.29. The van der Waals surface area contributed by atoms with Gasteiger partial charge < -0.3 is 15.0 Å². The standard InChI is InChI=1S/C14H16BrN3O2/c1-8-4-11(15)5-10(6-16)13(8)19-7-12-17-14(20-18-12)9-2-3-9/h4-5,9H,2-3,6-7,16H2,1H3. The lowest BCUT2D eigenvalue weighted by molar-refractivity contribution is 0.281. The molecule has 5 nitrogen and oxygen atoms in total. The van der Waals surface area contributed by atoms with Crippen molar-refractivity contribution in [3.05, 3.63) is 39.4 Å². The van der Waals surface area contributed by atoms with E-state index in [1.165, 1.54) is 0 Å². The number of aromatic nitrogens is 2. The molecule has 1 saturated carbocycles. The van der Waals surface area contributed by atoms with Gasteiger partial charge in [0.25, 0.3) is 0 Å². The number of hydrogen-bond donors (Lipinski definition) is 1. The Kier molecular flexibility index (Phi) is 3.76. The van der Waals surface area contributed by atoms with Gasteiger partial charge in [0, 0.05) is 22.5 Å². The zero-order valence-corrected chi connectivity index (χ0v) is 12.8. The maximum Gasteiger partial charge on any atom is 0.229 e. The first-order valence-electron chi connectivity index (χ1n) is 6.61. The molecule has 0 aliphatic heterocycles. The Morgan fingerprint density at radius 3 is 2.95 bits per heavy atom. The van der Waals surface area contributed by atoms with Crippen LogP contribution >= 0.6 is 15.9 Å². The quantitative estimate of drug-likeness (QED) is 0.907. The molecule has 0 bridgehead atoms. The number of nitrogens with two attached hydrogens (primary N) is 1. The number of aryl methyl sites for hydroxylation is 1. The summed E-state index contributed by atoms with van der Waals surface area (Å²) in [6, 6.07) is 3.97. The smallest absolute Gasteiger partial charge is 0.229 e. The maximum absolute atomic E-state index is 5.83. The summed E-state index contributed by atoms with van der Waals surface area (Å²) in [7, 11) is 0. The highest BCUT2D eigenvalue weighted by molar-refractivity contribution is 9.10. The minimum Gasteiger partial charge on any atom is -0.485 e. The Labute approximate surface area is 125 Å². The van der Waals surface area contributed by atoms with Crippen molar-refractivity contribution < 1.29 is 9.26 Å². The number of ether oxygens (including phenoxy) is 1. The van der Waals surface area contributed by atoms with Crippen LogP contribution in [0.1, 0.15) is 41.6 Å². The molecule has 0 amide bonds. The lowest BCUT2D eigenvalue weighted by atomic mass is 10.1. The molecule has 106 valence electrons. The van der Waals surface area contributed by atoms with Crippen LogP contribution in [-0.4, -0.2) is 10.1 Å². The van der Waals surface area contributed by atoms with Gasteiger partial charge in [0.2, 0.25) is 11.7 Å². The van der Waals surface area contributed by atoms with Crippen molar-refractivity contribution in [1.29, 1.82) is 0 Å². The lowest BCUT2D eigenvalue weighted by Crippen LogP contribution is -2.05. The third-order valence-electron chi connectivity index (χ3n) is 3.29. The summed E-state index contributed by atoms with van der Waals surface area (Å²) < 4.78 is 12.0. The second-order valence-electron chi connectivity index (χ2n) is 5.03. The Morgan fingerprint density at radius 2 is 2.25 bits per heavy atom. The van der Waals surface area contributed by atoms with Crippen LogP contribution in [0.2, 0.25) is 0 Å². The Morgan fingerprint density at radius 1 is 1.45 bits per heavy atom. The molecule has 0 spiro atoms.